The zero-order chi connectivity index (χ0) is 17.9. The summed E-state index contributed by atoms with van der Waals surface area (Å²) in [4.78, 5) is 6.88. The van der Waals surface area contributed by atoms with E-state index >= 15 is 0 Å². The van der Waals surface area contributed by atoms with E-state index in [0.29, 0.717) is 18.6 Å². The van der Waals surface area contributed by atoms with Crippen molar-refractivity contribution in [3.05, 3.63) is 35.9 Å². The van der Waals surface area contributed by atoms with E-state index in [1.165, 1.54) is 24.9 Å². The number of hydrogen-bond acceptors (Lipinski definition) is 3. The number of aliphatic imine (C=N–C) groups is 1. The van der Waals surface area contributed by atoms with E-state index in [-0.39, 0.29) is 24.0 Å². The number of hydrogen-bond donors (Lipinski definition) is 2. The van der Waals surface area contributed by atoms with Gasteiger partial charge >= 0.3 is 0 Å². The number of halogens is 1. The SMILES string of the molecule is CCN1CCCC1CNC(=NC)NCC(C)COCc1ccccc1.I. The van der Waals surface area contributed by atoms with E-state index in [1.807, 2.05) is 25.2 Å². The number of guanidine groups is 1. The van der Waals surface area contributed by atoms with Crippen LogP contribution in [0.1, 0.15) is 32.3 Å². The third kappa shape index (κ3) is 8.22. The van der Waals surface area contributed by atoms with Crippen molar-refractivity contribution in [3.8, 4) is 0 Å². The van der Waals surface area contributed by atoms with Crippen LogP contribution < -0.4 is 10.6 Å². The molecule has 2 atom stereocenters. The standard InChI is InChI=1S/C20H34N4O.HI/c1-4-24-12-8-11-19(24)14-23-20(21-3)22-13-17(2)15-25-16-18-9-6-5-7-10-18;/h5-7,9-10,17,19H,4,8,11-16H2,1-3H3,(H2,21,22,23);1H. The van der Waals surface area contributed by atoms with Gasteiger partial charge in [-0.1, -0.05) is 44.2 Å². The molecule has 2 rings (SSSR count). The van der Waals surface area contributed by atoms with Crippen molar-refractivity contribution in [2.24, 2.45) is 10.9 Å². The van der Waals surface area contributed by atoms with Crippen molar-refractivity contribution in [1.29, 1.82) is 0 Å². The van der Waals surface area contributed by atoms with Crippen LogP contribution in [0.2, 0.25) is 0 Å². The topological polar surface area (TPSA) is 48.9 Å². The molecule has 5 nitrogen and oxygen atoms in total. The van der Waals surface area contributed by atoms with Crippen LogP contribution in [-0.4, -0.2) is 56.7 Å². The number of benzene rings is 1. The highest BCUT2D eigenvalue weighted by atomic mass is 127. The molecule has 6 heteroatoms. The van der Waals surface area contributed by atoms with E-state index < -0.39 is 0 Å². The summed E-state index contributed by atoms with van der Waals surface area (Å²) in [7, 11) is 1.83. The first kappa shape index (κ1) is 23.2. The molecule has 1 heterocycles. The van der Waals surface area contributed by atoms with Crippen molar-refractivity contribution in [2.75, 3.05) is 39.8 Å². The number of nitrogens with zero attached hydrogens (tertiary/aromatic N) is 2. The zero-order valence-corrected chi connectivity index (χ0v) is 18.7. The van der Waals surface area contributed by atoms with Crippen LogP contribution in [0.25, 0.3) is 0 Å². The first-order valence-electron chi connectivity index (χ1n) is 9.53. The molecule has 1 aromatic carbocycles. The Kier molecular flexibility index (Phi) is 11.9. The number of likely N-dealkylation sites (tertiary alicyclic amines) is 1. The van der Waals surface area contributed by atoms with Crippen molar-refractivity contribution in [1.82, 2.24) is 15.5 Å². The van der Waals surface area contributed by atoms with Gasteiger partial charge in [-0.2, -0.15) is 0 Å². The van der Waals surface area contributed by atoms with Crippen molar-refractivity contribution < 1.29 is 4.74 Å². The largest absolute Gasteiger partial charge is 0.376 e. The summed E-state index contributed by atoms with van der Waals surface area (Å²) in [6.45, 7) is 10.0. The molecule has 0 bridgehead atoms. The highest BCUT2D eigenvalue weighted by molar-refractivity contribution is 14.0. The number of nitrogens with one attached hydrogen (secondary N) is 2. The minimum absolute atomic E-state index is 0. The van der Waals surface area contributed by atoms with Gasteiger partial charge < -0.3 is 15.4 Å². The molecule has 26 heavy (non-hydrogen) atoms. The number of likely N-dealkylation sites (N-methyl/N-ethyl adjacent to an activating group) is 1. The van der Waals surface area contributed by atoms with Crippen LogP contribution in [0, 0.1) is 5.92 Å². The predicted octanol–water partition coefficient (Wildman–Crippen LogP) is 3.11. The molecule has 0 radical (unpaired) electrons. The molecule has 1 aliphatic rings. The van der Waals surface area contributed by atoms with E-state index in [1.54, 1.807) is 0 Å². The Labute approximate surface area is 176 Å². The van der Waals surface area contributed by atoms with Crippen LogP contribution in [0.4, 0.5) is 0 Å². The Hall–Kier alpha value is -0.860. The monoisotopic (exact) mass is 474 g/mol. The Morgan fingerprint density at radius 1 is 1.31 bits per heavy atom. The van der Waals surface area contributed by atoms with E-state index in [9.17, 15) is 0 Å². The summed E-state index contributed by atoms with van der Waals surface area (Å²) in [5.74, 6) is 1.32. The van der Waals surface area contributed by atoms with Crippen LogP contribution in [0.5, 0.6) is 0 Å². The first-order valence-corrected chi connectivity index (χ1v) is 9.53. The lowest BCUT2D eigenvalue weighted by molar-refractivity contribution is 0.0931. The van der Waals surface area contributed by atoms with Crippen LogP contribution >= 0.6 is 24.0 Å². The van der Waals surface area contributed by atoms with Crippen molar-refractivity contribution in [2.45, 2.75) is 39.3 Å². The second-order valence-electron chi connectivity index (χ2n) is 6.86. The lowest BCUT2D eigenvalue weighted by Gasteiger charge is -2.24. The van der Waals surface area contributed by atoms with E-state index in [4.69, 9.17) is 4.74 Å². The van der Waals surface area contributed by atoms with Crippen molar-refractivity contribution >= 4 is 29.9 Å². The molecular formula is C20H35IN4O. The summed E-state index contributed by atoms with van der Waals surface area (Å²) in [5, 5.41) is 6.88. The van der Waals surface area contributed by atoms with Gasteiger partial charge in [-0.05, 0) is 37.4 Å². The lowest BCUT2D eigenvalue weighted by atomic mass is 10.2. The molecule has 1 saturated heterocycles. The second kappa shape index (κ2) is 13.3. The molecule has 0 aliphatic carbocycles. The fraction of sp³-hybridized carbons (Fsp3) is 0.650. The molecular weight excluding hydrogens is 439 g/mol. The molecule has 0 aromatic heterocycles. The van der Waals surface area contributed by atoms with Gasteiger partial charge in [0.2, 0.25) is 0 Å². The van der Waals surface area contributed by atoms with Gasteiger partial charge in [-0.3, -0.25) is 9.89 Å². The lowest BCUT2D eigenvalue weighted by Crippen LogP contribution is -2.46. The molecule has 0 saturated carbocycles. The van der Waals surface area contributed by atoms with Crippen LogP contribution in [-0.2, 0) is 11.3 Å². The fourth-order valence-electron chi connectivity index (χ4n) is 3.26. The minimum Gasteiger partial charge on any atom is -0.376 e. The average molecular weight is 474 g/mol. The smallest absolute Gasteiger partial charge is 0.191 e. The summed E-state index contributed by atoms with van der Waals surface area (Å²) in [6, 6.07) is 10.9. The molecule has 0 spiro atoms. The van der Waals surface area contributed by atoms with Crippen LogP contribution in [0.15, 0.2) is 35.3 Å². The van der Waals surface area contributed by atoms with Gasteiger partial charge in [0, 0.05) is 26.2 Å². The van der Waals surface area contributed by atoms with Gasteiger partial charge in [0.15, 0.2) is 5.96 Å². The van der Waals surface area contributed by atoms with Gasteiger partial charge in [0.1, 0.15) is 0 Å². The summed E-state index contributed by atoms with van der Waals surface area (Å²) in [5.41, 5.74) is 1.22. The summed E-state index contributed by atoms with van der Waals surface area (Å²) in [6.07, 6.45) is 2.59. The maximum absolute atomic E-state index is 5.81. The van der Waals surface area contributed by atoms with Gasteiger partial charge in [-0.25, -0.2) is 0 Å². The summed E-state index contributed by atoms with van der Waals surface area (Å²) < 4.78 is 5.81. The molecule has 1 aromatic rings. The first-order chi connectivity index (χ1) is 12.2. The van der Waals surface area contributed by atoms with Crippen molar-refractivity contribution in [3.63, 3.8) is 0 Å². The van der Waals surface area contributed by atoms with E-state index in [2.05, 4.69) is 46.5 Å². The highest BCUT2D eigenvalue weighted by Crippen LogP contribution is 2.15. The van der Waals surface area contributed by atoms with Gasteiger partial charge in [0.25, 0.3) is 0 Å². The molecule has 1 aliphatic heterocycles. The molecule has 2 unspecified atom stereocenters. The molecule has 2 N–H and O–H groups in total. The molecule has 1 fully saturated rings. The van der Waals surface area contributed by atoms with Gasteiger partial charge in [-0.15, -0.1) is 24.0 Å². The van der Waals surface area contributed by atoms with Crippen LogP contribution in [0.3, 0.4) is 0 Å². The Bertz CT molecular complexity index is 512. The number of rotatable bonds is 9. The predicted molar refractivity (Wildman–Crippen MR) is 120 cm³/mol. The average Bonchev–Trinajstić information content (AvgIpc) is 3.10. The molecule has 0 amide bonds. The highest BCUT2D eigenvalue weighted by Gasteiger charge is 2.22. The minimum atomic E-state index is 0. The normalized spacial score (nSPS) is 19.0. The van der Waals surface area contributed by atoms with E-state index in [0.717, 1.165) is 32.2 Å². The third-order valence-electron chi connectivity index (χ3n) is 4.77. The fourth-order valence-corrected chi connectivity index (χ4v) is 3.26. The Balaban J connectivity index is 0.00000338. The Morgan fingerprint density at radius 3 is 2.77 bits per heavy atom. The van der Waals surface area contributed by atoms with Gasteiger partial charge in [0.05, 0.1) is 13.2 Å². The molecule has 148 valence electrons. The maximum atomic E-state index is 5.81. The Morgan fingerprint density at radius 2 is 2.08 bits per heavy atom. The third-order valence-corrected chi connectivity index (χ3v) is 4.77. The zero-order valence-electron chi connectivity index (χ0n) is 16.4. The second-order valence-corrected chi connectivity index (χ2v) is 6.86. The number of ether oxygens (including phenoxy) is 1. The quantitative estimate of drug-likeness (QED) is 0.328. The maximum Gasteiger partial charge on any atom is 0.191 e. The summed E-state index contributed by atoms with van der Waals surface area (Å²) >= 11 is 0.